The van der Waals surface area contributed by atoms with Gasteiger partial charge in [-0.25, -0.2) is 4.79 Å². The minimum absolute atomic E-state index is 0.0942. The number of rotatable bonds is 9. The van der Waals surface area contributed by atoms with Gasteiger partial charge in [0.15, 0.2) is 0 Å². The third-order valence-electron chi connectivity index (χ3n) is 6.07. The Bertz CT molecular complexity index is 1770. The predicted molar refractivity (Wildman–Crippen MR) is 169 cm³/mol. The van der Waals surface area contributed by atoms with E-state index in [9.17, 15) is 29.6 Å². The van der Waals surface area contributed by atoms with Crippen LogP contribution in [0.2, 0.25) is 20.1 Å². The number of hydrogen-bond donors (Lipinski definition) is 3. The Morgan fingerprint density at radius 3 is 2.09 bits per heavy atom. The zero-order chi connectivity index (χ0) is 31.4. The molecule has 0 aliphatic carbocycles. The van der Waals surface area contributed by atoms with Crippen molar-refractivity contribution in [1.29, 1.82) is 0 Å². The highest BCUT2D eigenvalue weighted by Crippen LogP contribution is 2.42. The van der Waals surface area contributed by atoms with E-state index in [1.165, 1.54) is 30.0 Å². The molecule has 0 saturated heterocycles. The van der Waals surface area contributed by atoms with Gasteiger partial charge in [-0.2, -0.15) is 0 Å². The lowest BCUT2D eigenvalue weighted by Crippen LogP contribution is -2.20. The molecular formula is C29H19Cl4N3O6S. The quantitative estimate of drug-likeness (QED) is 0.0528. The smallest absolute Gasteiger partial charge is 0.338 e. The van der Waals surface area contributed by atoms with Crippen LogP contribution in [0.3, 0.4) is 0 Å². The number of non-ortho nitro benzene ring substituents is 1. The highest BCUT2D eigenvalue weighted by atomic mass is 35.5. The van der Waals surface area contributed by atoms with E-state index in [-0.39, 0.29) is 32.3 Å². The average Bonchev–Trinajstić information content (AvgIpc) is 2.97. The number of halogens is 4. The first-order valence-corrected chi connectivity index (χ1v) is 14.6. The van der Waals surface area contributed by atoms with Crippen molar-refractivity contribution < 1.29 is 24.4 Å². The lowest BCUT2D eigenvalue weighted by Gasteiger charge is -2.19. The number of hydrogen-bond acceptors (Lipinski definition) is 6. The second kappa shape index (κ2) is 13.7. The van der Waals surface area contributed by atoms with Gasteiger partial charge in [-0.05, 0) is 42.3 Å². The van der Waals surface area contributed by atoms with E-state index in [0.29, 0.717) is 21.7 Å². The van der Waals surface area contributed by atoms with Crippen molar-refractivity contribution in [3.05, 3.63) is 125 Å². The number of amides is 2. The molecule has 0 aliphatic rings. The van der Waals surface area contributed by atoms with Gasteiger partial charge in [0.25, 0.3) is 11.6 Å². The first-order chi connectivity index (χ1) is 20.4. The number of carbonyl (C=O) groups excluding carboxylic acids is 2. The summed E-state index contributed by atoms with van der Waals surface area (Å²) in [5.41, 5.74) is 0.724. The Balaban J connectivity index is 1.62. The molecular weight excluding hydrogens is 660 g/mol. The molecule has 0 saturated carbocycles. The first-order valence-electron chi connectivity index (χ1n) is 12.2. The van der Waals surface area contributed by atoms with E-state index in [1.807, 2.05) is 6.07 Å². The topological polar surface area (TPSA) is 139 Å². The molecule has 9 nitrogen and oxygen atoms in total. The molecule has 0 aromatic heterocycles. The number of nitrogens with zero attached hydrogens (tertiary/aromatic N) is 1. The van der Waals surface area contributed by atoms with Crippen molar-refractivity contribution in [2.45, 2.75) is 17.1 Å². The summed E-state index contributed by atoms with van der Waals surface area (Å²) in [7, 11) is 0. The number of aryl methyl sites for hydroxylation is 1. The fourth-order valence-electron chi connectivity index (χ4n) is 4.02. The molecule has 0 bridgehead atoms. The van der Waals surface area contributed by atoms with E-state index >= 15 is 0 Å². The molecule has 4 aromatic carbocycles. The third-order valence-corrected chi connectivity index (χ3v) is 9.12. The molecule has 1 atom stereocenters. The summed E-state index contributed by atoms with van der Waals surface area (Å²) in [5.74, 6) is -2.80. The maximum Gasteiger partial charge on any atom is 0.338 e. The Morgan fingerprint density at radius 2 is 1.49 bits per heavy atom. The summed E-state index contributed by atoms with van der Waals surface area (Å²) >= 11 is 25.5. The number of benzene rings is 4. The summed E-state index contributed by atoms with van der Waals surface area (Å²) in [6, 6.07) is 19.6. The molecule has 0 heterocycles. The lowest BCUT2D eigenvalue weighted by atomic mass is 10.1. The monoisotopic (exact) mass is 677 g/mol. The van der Waals surface area contributed by atoms with Gasteiger partial charge in [-0.3, -0.25) is 19.7 Å². The van der Waals surface area contributed by atoms with Crippen molar-refractivity contribution in [2.24, 2.45) is 0 Å². The van der Waals surface area contributed by atoms with E-state index in [4.69, 9.17) is 46.4 Å². The van der Waals surface area contributed by atoms with Crippen molar-refractivity contribution in [1.82, 2.24) is 0 Å². The average molecular weight is 679 g/mol. The summed E-state index contributed by atoms with van der Waals surface area (Å²) in [6.45, 7) is 1.66. The van der Waals surface area contributed by atoms with Crippen molar-refractivity contribution in [2.75, 3.05) is 10.6 Å². The fraction of sp³-hybridized carbons (Fsp3) is 0.0690. The maximum atomic E-state index is 13.5. The largest absolute Gasteiger partial charge is 0.478 e. The number of anilines is 2. The molecule has 4 rings (SSSR count). The zero-order valence-corrected chi connectivity index (χ0v) is 25.7. The van der Waals surface area contributed by atoms with Crippen LogP contribution in [0.4, 0.5) is 17.1 Å². The van der Waals surface area contributed by atoms with Crippen LogP contribution in [0, 0.1) is 17.0 Å². The van der Waals surface area contributed by atoms with Gasteiger partial charge in [-0.1, -0.05) is 82.8 Å². The normalized spacial score (nSPS) is 11.5. The Hall–Kier alpha value is -3.80. The summed E-state index contributed by atoms with van der Waals surface area (Å²) in [6.07, 6.45) is 0. The molecule has 14 heteroatoms. The molecule has 1 unspecified atom stereocenters. The minimum Gasteiger partial charge on any atom is -0.478 e. The number of nitro groups is 1. The number of nitrogens with one attached hydrogen (secondary N) is 2. The number of carboxylic acid groups (broad SMARTS) is 1. The highest BCUT2D eigenvalue weighted by molar-refractivity contribution is 8.00. The molecule has 4 aromatic rings. The summed E-state index contributed by atoms with van der Waals surface area (Å²) < 4.78 is 0. The summed E-state index contributed by atoms with van der Waals surface area (Å²) in [5, 5.41) is 24.1. The number of carbonyl (C=O) groups is 3. The number of aromatic carboxylic acids is 1. The van der Waals surface area contributed by atoms with Crippen LogP contribution in [0.15, 0.2) is 77.7 Å². The SMILES string of the molecule is Cc1cc([N+](=O)[O-])ccc1NC(=O)C(Sc1cccc(NC(=O)c2c(Cl)c(Cl)c(Cl)c(Cl)c2C(=O)O)c1)c1ccccc1. The lowest BCUT2D eigenvalue weighted by molar-refractivity contribution is -0.384. The molecule has 0 radical (unpaired) electrons. The minimum atomic E-state index is -1.53. The van der Waals surface area contributed by atoms with Crippen LogP contribution < -0.4 is 10.6 Å². The number of thioether (sulfide) groups is 1. The standard InChI is InChI=1S/C29H19Cl4N3O6S/c1-14-12-17(36(41)42)10-11-19(14)35-28(38)26(15-6-3-2-4-7-15)43-18-9-5-8-16(13-18)34-27(37)20-21(29(39)40)23(31)25(33)24(32)22(20)30/h2-13,26H,1H3,(H,34,37)(H,35,38)(H,39,40). The van der Waals surface area contributed by atoms with Crippen LogP contribution in [0.5, 0.6) is 0 Å². The Kier molecular flexibility index (Phi) is 10.2. The van der Waals surface area contributed by atoms with Crippen molar-refractivity contribution in [3.63, 3.8) is 0 Å². The van der Waals surface area contributed by atoms with Crippen molar-refractivity contribution in [3.8, 4) is 0 Å². The van der Waals surface area contributed by atoms with Crippen LogP contribution in [-0.2, 0) is 4.79 Å². The summed E-state index contributed by atoms with van der Waals surface area (Å²) in [4.78, 5) is 49.8. The highest BCUT2D eigenvalue weighted by Gasteiger charge is 2.29. The van der Waals surface area contributed by atoms with Gasteiger partial charge in [0.2, 0.25) is 5.91 Å². The van der Waals surface area contributed by atoms with Crippen molar-refractivity contribution >= 4 is 93.0 Å². The second-order valence-electron chi connectivity index (χ2n) is 8.95. The molecule has 0 fully saturated rings. The van der Waals surface area contributed by atoms with Gasteiger partial charge in [0, 0.05) is 28.4 Å². The molecule has 2 amide bonds. The molecule has 3 N–H and O–H groups in total. The molecule has 0 aliphatic heterocycles. The molecule has 220 valence electrons. The van der Waals surface area contributed by atoms with Crippen LogP contribution in [0.1, 0.15) is 37.1 Å². The third kappa shape index (κ3) is 7.23. The van der Waals surface area contributed by atoms with Crippen LogP contribution in [0.25, 0.3) is 0 Å². The first kappa shape index (κ1) is 32.1. The van der Waals surface area contributed by atoms with Gasteiger partial charge < -0.3 is 15.7 Å². The fourth-order valence-corrected chi connectivity index (χ4v) is 6.13. The predicted octanol–water partition coefficient (Wildman–Crippen LogP) is 8.94. The van der Waals surface area contributed by atoms with E-state index in [0.717, 1.165) is 0 Å². The van der Waals surface area contributed by atoms with E-state index in [1.54, 1.807) is 55.5 Å². The van der Waals surface area contributed by atoms with Crippen LogP contribution >= 0.6 is 58.2 Å². The second-order valence-corrected chi connectivity index (χ2v) is 11.6. The van der Waals surface area contributed by atoms with Gasteiger partial charge in [0.1, 0.15) is 5.25 Å². The Morgan fingerprint density at radius 1 is 0.837 bits per heavy atom. The van der Waals surface area contributed by atoms with Gasteiger partial charge in [-0.15, -0.1) is 11.8 Å². The zero-order valence-electron chi connectivity index (χ0n) is 21.9. The molecule has 0 spiro atoms. The maximum absolute atomic E-state index is 13.5. The van der Waals surface area contributed by atoms with Gasteiger partial charge >= 0.3 is 5.97 Å². The number of nitro benzene ring substituents is 1. The van der Waals surface area contributed by atoms with Gasteiger partial charge in [0.05, 0.1) is 36.1 Å². The molecule has 43 heavy (non-hydrogen) atoms. The Labute approximate surface area is 269 Å². The van der Waals surface area contributed by atoms with Crippen LogP contribution in [-0.4, -0.2) is 27.8 Å². The van der Waals surface area contributed by atoms with E-state index in [2.05, 4.69) is 10.6 Å². The van der Waals surface area contributed by atoms with E-state index < -0.39 is 38.2 Å². The number of carboxylic acids is 1.